The molecule has 2 N–H and O–H groups in total. The van der Waals surface area contributed by atoms with Gasteiger partial charge < -0.3 is 39.1 Å². The Morgan fingerprint density at radius 2 is 1.00 bits per heavy atom. The first-order valence-electron chi connectivity index (χ1n) is 11.9. The Kier molecular flexibility index (Phi) is 16.3. The second kappa shape index (κ2) is 19.2. The zero-order valence-electron chi connectivity index (χ0n) is 21.9. The Morgan fingerprint density at radius 3 is 1.37 bits per heavy atom. The van der Waals surface area contributed by atoms with E-state index in [0.29, 0.717) is 11.1 Å². The van der Waals surface area contributed by atoms with Crippen molar-refractivity contribution in [1.29, 1.82) is 0 Å². The van der Waals surface area contributed by atoms with Crippen LogP contribution in [0.3, 0.4) is 0 Å². The third-order valence-electron chi connectivity index (χ3n) is 4.41. The Bertz CT molecular complexity index is 876. The van der Waals surface area contributed by atoms with E-state index in [-0.39, 0.29) is 65.9 Å². The summed E-state index contributed by atoms with van der Waals surface area (Å²) in [6.45, 7) is 11.5. The van der Waals surface area contributed by atoms with E-state index in [1.165, 1.54) is 0 Å². The molecule has 0 aliphatic heterocycles. The molecule has 0 unspecified atom stereocenters. The molecule has 0 saturated carbocycles. The summed E-state index contributed by atoms with van der Waals surface area (Å²) in [5.41, 5.74) is 2.24. The van der Waals surface area contributed by atoms with Crippen molar-refractivity contribution in [3.8, 4) is 0 Å². The summed E-state index contributed by atoms with van der Waals surface area (Å²) in [7, 11) is 0. The Morgan fingerprint density at radius 1 is 0.632 bits per heavy atom. The van der Waals surface area contributed by atoms with Gasteiger partial charge in [-0.3, -0.25) is 0 Å². The first-order valence-corrected chi connectivity index (χ1v) is 11.9. The van der Waals surface area contributed by atoms with Gasteiger partial charge in [0, 0.05) is 24.2 Å². The molecule has 1 aromatic rings. The highest BCUT2D eigenvalue weighted by molar-refractivity contribution is 5.87. The molecule has 2 amide bonds. The molecule has 0 atom stereocenters. The number of alkyl carbamates (subject to hydrolysis) is 2. The summed E-state index contributed by atoms with van der Waals surface area (Å²) in [5, 5.41) is 5.25. The zero-order chi connectivity index (χ0) is 28.2. The van der Waals surface area contributed by atoms with Crippen LogP contribution in [0, 0.1) is 0 Å². The first kappa shape index (κ1) is 32.1. The molecular weight excluding hydrogens is 500 g/mol. The summed E-state index contributed by atoms with van der Waals surface area (Å²) < 4.78 is 30.2. The molecule has 1 rings (SSSR count). The first-order chi connectivity index (χ1) is 18.2. The highest BCUT2D eigenvalue weighted by Crippen LogP contribution is 2.05. The van der Waals surface area contributed by atoms with Gasteiger partial charge in [0.15, 0.2) is 0 Å². The van der Waals surface area contributed by atoms with Gasteiger partial charge in [0.2, 0.25) is 0 Å². The number of benzene rings is 1. The quantitative estimate of drug-likeness (QED) is 0.124. The minimum atomic E-state index is -0.606. The molecule has 0 saturated heterocycles. The lowest BCUT2D eigenvalue weighted by Crippen LogP contribution is -2.26. The van der Waals surface area contributed by atoms with Crippen LogP contribution in [0.15, 0.2) is 48.6 Å². The number of carbonyl (C=O) groups is 4. The lowest BCUT2D eigenvalue weighted by atomic mass is 10.1. The van der Waals surface area contributed by atoms with E-state index in [4.69, 9.17) is 28.4 Å². The van der Waals surface area contributed by atoms with Gasteiger partial charge in [-0.2, -0.15) is 0 Å². The van der Waals surface area contributed by atoms with Crippen molar-refractivity contribution < 1.29 is 47.6 Å². The van der Waals surface area contributed by atoms with Crippen LogP contribution in [-0.4, -0.2) is 77.0 Å². The number of amides is 2. The van der Waals surface area contributed by atoms with Crippen LogP contribution in [0.5, 0.6) is 0 Å². The van der Waals surface area contributed by atoms with Crippen molar-refractivity contribution in [2.24, 2.45) is 0 Å². The van der Waals surface area contributed by atoms with Gasteiger partial charge in [-0.05, 0) is 25.0 Å². The second-order valence-electron chi connectivity index (χ2n) is 7.86. The van der Waals surface area contributed by atoms with Crippen LogP contribution in [0.25, 0.3) is 0 Å². The molecule has 12 nitrogen and oxygen atoms in total. The van der Waals surface area contributed by atoms with Gasteiger partial charge in [-0.1, -0.05) is 37.4 Å². The molecule has 0 bridgehead atoms. The number of hydrogen-bond donors (Lipinski definition) is 2. The summed E-state index contributed by atoms with van der Waals surface area (Å²) in [5.74, 6) is -0.966. The van der Waals surface area contributed by atoms with Crippen LogP contribution < -0.4 is 10.6 Å². The number of nitrogens with one attached hydrogen (secondary N) is 2. The summed E-state index contributed by atoms with van der Waals surface area (Å²) in [6, 6.07) is 7.27. The summed E-state index contributed by atoms with van der Waals surface area (Å²) in [4.78, 5) is 46.1. The molecule has 38 heavy (non-hydrogen) atoms. The maximum absolute atomic E-state index is 11.8. The van der Waals surface area contributed by atoms with Crippen LogP contribution in [0.4, 0.5) is 9.59 Å². The number of carbonyl (C=O) groups excluding carboxylic acids is 4. The van der Waals surface area contributed by atoms with Gasteiger partial charge in [-0.25, -0.2) is 19.2 Å². The SMILES string of the molecule is C=C(C)C(=O)OCCOCCOC(=O)NCc1cccc(CNC(=O)OCCOCCOC(=O)C(=C)C)c1. The topological polar surface area (TPSA) is 148 Å². The normalized spacial score (nSPS) is 10.2. The molecule has 12 heteroatoms. The lowest BCUT2D eigenvalue weighted by Gasteiger charge is -2.10. The van der Waals surface area contributed by atoms with Crippen LogP contribution >= 0.6 is 0 Å². The predicted octanol–water partition coefficient (Wildman–Crippen LogP) is 2.41. The van der Waals surface area contributed by atoms with E-state index in [0.717, 1.165) is 11.1 Å². The number of ether oxygens (including phenoxy) is 6. The summed E-state index contributed by atoms with van der Waals surface area (Å²) in [6.07, 6.45) is -1.21. The monoisotopic (exact) mass is 536 g/mol. The van der Waals surface area contributed by atoms with Gasteiger partial charge >= 0.3 is 24.1 Å². The maximum atomic E-state index is 11.8. The highest BCUT2D eigenvalue weighted by Gasteiger charge is 2.06. The Hall–Kier alpha value is -3.90. The average Bonchev–Trinajstić information content (AvgIpc) is 2.89. The maximum Gasteiger partial charge on any atom is 0.407 e. The minimum Gasteiger partial charge on any atom is -0.460 e. The molecule has 0 heterocycles. The van der Waals surface area contributed by atoms with Crippen molar-refractivity contribution in [3.63, 3.8) is 0 Å². The van der Waals surface area contributed by atoms with Gasteiger partial charge in [0.25, 0.3) is 0 Å². The summed E-state index contributed by atoms with van der Waals surface area (Å²) >= 11 is 0. The largest absolute Gasteiger partial charge is 0.460 e. The van der Waals surface area contributed by atoms with Gasteiger partial charge in [0.1, 0.15) is 26.4 Å². The van der Waals surface area contributed by atoms with E-state index < -0.39 is 24.1 Å². The van der Waals surface area contributed by atoms with Crippen molar-refractivity contribution >= 4 is 24.1 Å². The van der Waals surface area contributed by atoms with Crippen molar-refractivity contribution in [1.82, 2.24) is 10.6 Å². The van der Waals surface area contributed by atoms with E-state index >= 15 is 0 Å². The lowest BCUT2D eigenvalue weighted by molar-refractivity contribution is -0.141. The van der Waals surface area contributed by atoms with Crippen LogP contribution in [-0.2, 0) is 51.1 Å². The molecule has 0 fully saturated rings. The fourth-order valence-corrected chi connectivity index (χ4v) is 2.52. The molecular formula is C26H36N2O10. The number of hydrogen-bond acceptors (Lipinski definition) is 10. The molecule has 1 aromatic carbocycles. The van der Waals surface area contributed by atoms with E-state index in [1.54, 1.807) is 19.9 Å². The third-order valence-corrected chi connectivity index (χ3v) is 4.41. The molecule has 210 valence electrons. The second-order valence-corrected chi connectivity index (χ2v) is 7.86. The average molecular weight is 537 g/mol. The fraction of sp³-hybridized carbons (Fsp3) is 0.462. The molecule has 0 aromatic heterocycles. The molecule has 0 aliphatic rings. The fourth-order valence-electron chi connectivity index (χ4n) is 2.52. The predicted molar refractivity (Wildman–Crippen MR) is 136 cm³/mol. The minimum absolute atomic E-state index is 0.0415. The van der Waals surface area contributed by atoms with Crippen LogP contribution in [0.1, 0.15) is 25.0 Å². The Labute approximate surface area is 222 Å². The van der Waals surface area contributed by atoms with E-state index in [2.05, 4.69) is 23.8 Å². The smallest absolute Gasteiger partial charge is 0.407 e. The number of rotatable bonds is 18. The third kappa shape index (κ3) is 16.0. The van der Waals surface area contributed by atoms with Crippen molar-refractivity contribution in [2.75, 3.05) is 52.9 Å². The van der Waals surface area contributed by atoms with Gasteiger partial charge in [0.05, 0.1) is 26.4 Å². The van der Waals surface area contributed by atoms with Crippen LogP contribution in [0.2, 0.25) is 0 Å². The molecule has 0 radical (unpaired) electrons. The van der Waals surface area contributed by atoms with E-state index in [9.17, 15) is 19.2 Å². The Balaban J connectivity index is 2.13. The molecule has 0 spiro atoms. The van der Waals surface area contributed by atoms with Crippen molar-refractivity contribution in [3.05, 3.63) is 59.7 Å². The highest BCUT2D eigenvalue weighted by atomic mass is 16.6. The van der Waals surface area contributed by atoms with Gasteiger partial charge in [-0.15, -0.1) is 0 Å². The number of esters is 2. The van der Waals surface area contributed by atoms with E-state index in [1.807, 2.05) is 18.2 Å². The standard InChI is InChI=1S/C26H36N2O10/c1-19(2)23(29)35-12-8-33-10-14-37-25(31)27-17-21-6-5-7-22(16-21)18-28-26(32)38-15-11-34-9-13-36-24(30)20(3)4/h5-7,16H,1,3,8-15,17-18H2,2,4H3,(H,27,31)(H,28,32). The van der Waals surface area contributed by atoms with Crippen molar-refractivity contribution in [2.45, 2.75) is 26.9 Å². The molecule has 0 aliphatic carbocycles. The zero-order valence-corrected chi connectivity index (χ0v) is 21.9.